The van der Waals surface area contributed by atoms with E-state index in [4.69, 9.17) is 9.57 Å². The molecule has 0 heterocycles. The molecule has 0 bridgehead atoms. The van der Waals surface area contributed by atoms with Crippen LogP contribution in [-0.4, -0.2) is 40.1 Å². The second kappa shape index (κ2) is 8.11. The first-order valence-electron chi connectivity index (χ1n) is 7.42. The SMILES string of the molecule is COc1cccc(CNC(=O)c2cccc(S(=O)(=O)N(C)OC)c2)c1. The van der Waals surface area contributed by atoms with Gasteiger partial charge in [0.15, 0.2) is 0 Å². The third kappa shape index (κ3) is 4.56. The van der Waals surface area contributed by atoms with E-state index in [2.05, 4.69) is 5.32 Å². The van der Waals surface area contributed by atoms with Gasteiger partial charge >= 0.3 is 0 Å². The topological polar surface area (TPSA) is 84.9 Å². The average Bonchev–Trinajstić information content (AvgIpc) is 2.65. The normalized spacial score (nSPS) is 11.4. The Balaban J connectivity index is 2.13. The highest BCUT2D eigenvalue weighted by molar-refractivity contribution is 7.89. The molecule has 0 unspecified atom stereocenters. The van der Waals surface area contributed by atoms with Crippen LogP contribution in [-0.2, 0) is 21.4 Å². The van der Waals surface area contributed by atoms with Crippen LogP contribution in [0.15, 0.2) is 53.4 Å². The van der Waals surface area contributed by atoms with E-state index in [0.29, 0.717) is 12.3 Å². The fourth-order valence-electron chi connectivity index (χ4n) is 2.11. The minimum absolute atomic E-state index is 0.0223. The number of ether oxygens (including phenoxy) is 1. The summed E-state index contributed by atoms with van der Waals surface area (Å²) in [6, 6.07) is 13.1. The number of methoxy groups -OCH3 is 1. The first-order chi connectivity index (χ1) is 11.9. The second-order valence-electron chi connectivity index (χ2n) is 5.16. The molecule has 0 aliphatic carbocycles. The fourth-order valence-corrected chi connectivity index (χ4v) is 3.13. The molecule has 2 aromatic rings. The first kappa shape index (κ1) is 18.9. The number of nitrogens with one attached hydrogen (secondary N) is 1. The molecule has 7 nitrogen and oxygen atoms in total. The van der Waals surface area contributed by atoms with Crippen LogP contribution in [0.1, 0.15) is 15.9 Å². The number of benzene rings is 2. The summed E-state index contributed by atoms with van der Waals surface area (Å²) in [5, 5.41) is 2.75. The number of hydrogen-bond donors (Lipinski definition) is 1. The number of nitrogens with zero attached hydrogens (tertiary/aromatic N) is 1. The van der Waals surface area contributed by atoms with E-state index in [0.717, 1.165) is 10.0 Å². The maximum atomic E-state index is 12.3. The largest absolute Gasteiger partial charge is 0.497 e. The number of carbonyl (C=O) groups is 1. The van der Waals surface area contributed by atoms with Crippen LogP contribution in [0, 0.1) is 0 Å². The zero-order chi connectivity index (χ0) is 18.4. The van der Waals surface area contributed by atoms with Gasteiger partial charge in [-0.1, -0.05) is 22.7 Å². The molecule has 134 valence electrons. The van der Waals surface area contributed by atoms with Crippen molar-refractivity contribution in [2.24, 2.45) is 0 Å². The molecular formula is C17H20N2O5S. The third-order valence-electron chi connectivity index (χ3n) is 3.58. The molecular weight excluding hydrogens is 344 g/mol. The maximum absolute atomic E-state index is 12.3. The Morgan fingerprint density at radius 2 is 1.84 bits per heavy atom. The van der Waals surface area contributed by atoms with E-state index in [-0.39, 0.29) is 16.4 Å². The Labute approximate surface area is 147 Å². The Hall–Kier alpha value is -2.42. The van der Waals surface area contributed by atoms with E-state index in [1.807, 2.05) is 24.3 Å². The standard InChI is InChI=1S/C17H20N2O5S/c1-19(24-3)25(21,22)16-9-5-7-14(11-16)17(20)18-12-13-6-4-8-15(10-13)23-2/h4-11H,12H2,1-3H3,(H,18,20). The lowest BCUT2D eigenvalue weighted by atomic mass is 10.2. The van der Waals surface area contributed by atoms with Crippen molar-refractivity contribution in [2.75, 3.05) is 21.3 Å². The van der Waals surface area contributed by atoms with Crippen LogP contribution < -0.4 is 10.1 Å². The summed E-state index contributed by atoms with van der Waals surface area (Å²) < 4.78 is 30.4. The molecule has 0 saturated carbocycles. The molecule has 0 aliphatic rings. The van der Waals surface area contributed by atoms with E-state index in [1.54, 1.807) is 13.2 Å². The summed E-state index contributed by atoms with van der Waals surface area (Å²) in [7, 11) is 0.298. The van der Waals surface area contributed by atoms with Crippen molar-refractivity contribution in [2.45, 2.75) is 11.4 Å². The zero-order valence-electron chi connectivity index (χ0n) is 14.2. The van der Waals surface area contributed by atoms with Gasteiger partial charge in [-0.2, -0.15) is 0 Å². The summed E-state index contributed by atoms with van der Waals surface area (Å²) >= 11 is 0. The third-order valence-corrected chi connectivity index (χ3v) is 5.25. The zero-order valence-corrected chi connectivity index (χ0v) is 15.0. The average molecular weight is 364 g/mol. The molecule has 25 heavy (non-hydrogen) atoms. The molecule has 0 radical (unpaired) electrons. The minimum Gasteiger partial charge on any atom is -0.497 e. The van der Waals surface area contributed by atoms with Crippen molar-refractivity contribution < 1.29 is 22.8 Å². The highest BCUT2D eigenvalue weighted by atomic mass is 32.2. The molecule has 0 saturated heterocycles. The van der Waals surface area contributed by atoms with Gasteiger partial charge in [-0.3, -0.25) is 9.63 Å². The van der Waals surface area contributed by atoms with Gasteiger partial charge in [0, 0.05) is 19.2 Å². The summed E-state index contributed by atoms with van der Waals surface area (Å²) in [6.07, 6.45) is 0. The van der Waals surface area contributed by atoms with Gasteiger partial charge in [-0.05, 0) is 35.9 Å². The molecule has 1 amide bonds. The lowest BCUT2D eigenvalue weighted by Gasteiger charge is -2.14. The number of hydrogen-bond acceptors (Lipinski definition) is 5. The maximum Gasteiger partial charge on any atom is 0.264 e. The van der Waals surface area contributed by atoms with Crippen molar-refractivity contribution in [1.82, 2.24) is 9.79 Å². The Kier molecular flexibility index (Phi) is 6.13. The highest BCUT2D eigenvalue weighted by Gasteiger charge is 2.21. The van der Waals surface area contributed by atoms with Crippen molar-refractivity contribution in [1.29, 1.82) is 0 Å². The van der Waals surface area contributed by atoms with E-state index >= 15 is 0 Å². The lowest BCUT2D eigenvalue weighted by molar-refractivity contribution is -0.0258. The van der Waals surface area contributed by atoms with Gasteiger partial charge in [-0.25, -0.2) is 8.42 Å². The van der Waals surface area contributed by atoms with Crippen molar-refractivity contribution in [3.05, 3.63) is 59.7 Å². The number of carbonyl (C=O) groups excluding carboxylic acids is 1. The van der Waals surface area contributed by atoms with Crippen LogP contribution >= 0.6 is 0 Å². The number of hydroxylamine groups is 1. The van der Waals surface area contributed by atoms with E-state index < -0.39 is 10.0 Å². The van der Waals surface area contributed by atoms with Crippen LogP contribution in [0.4, 0.5) is 0 Å². The first-order valence-corrected chi connectivity index (χ1v) is 8.86. The van der Waals surface area contributed by atoms with Crippen LogP contribution in [0.5, 0.6) is 5.75 Å². The summed E-state index contributed by atoms with van der Waals surface area (Å²) in [5.74, 6) is 0.322. The molecule has 0 aliphatic heterocycles. The predicted octanol–water partition coefficient (Wildman–Crippen LogP) is 1.81. The van der Waals surface area contributed by atoms with Crippen molar-refractivity contribution in [3.63, 3.8) is 0 Å². The molecule has 0 atom stereocenters. The van der Waals surface area contributed by atoms with Gasteiger partial charge in [0.05, 0.1) is 19.1 Å². The molecule has 2 rings (SSSR count). The van der Waals surface area contributed by atoms with Gasteiger partial charge in [0.1, 0.15) is 5.75 Å². The summed E-state index contributed by atoms with van der Waals surface area (Å²) in [5.41, 5.74) is 1.11. The van der Waals surface area contributed by atoms with E-state index in [9.17, 15) is 13.2 Å². The van der Waals surface area contributed by atoms with Gasteiger partial charge < -0.3 is 10.1 Å². The van der Waals surface area contributed by atoms with Gasteiger partial charge in [-0.15, -0.1) is 0 Å². The molecule has 1 N–H and O–H groups in total. The van der Waals surface area contributed by atoms with Crippen molar-refractivity contribution >= 4 is 15.9 Å². The highest BCUT2D eigenvalue weighted by Crippen LogP contribution is 2.16. The second-order valence-corrected chi connectivity index (χ2v) is 7.10. The molecule has 2 aromatic carbocycles. The quantitative estimate of drug-likeness (QED) is 0.758. The fraction of sp³-hybridized carbons (Fsp3) is 0.235. The lowest BCUT2D eigenvalue weighted by Crippen LogP contribution is -2.27. The molecule has 8 heteroatoms. The number of sulfonamides is 1. The van der Waals surface area contributed by atoms with Crippen molar-refractivity contribution in [3.8, 4) is 5.75 Å². The van der Waals surface area contributed by atoms with E-state index in [1.165, 1.54) is 32.4 Å². The number of rotatable bonds is 7. The van der Waals surface area contributed by atoms with Crippen LogP contribution in [0.25, 0.3) is 0 Å². The Morgan fingerprint density at radius 3 is 2.52 bits per heavy atom. The van der Waals surface area contributed by atoms with Gasteiger partial charge in [0.2, 0.25) is 0 Å². The Bertz CT molecular complexity index is 852. The minimum atomic E-state index is -3.81. The van der Waals surface area contributed by atoms with Gasteiger partial charge in [0.25, 0.3) is 15.9 Å². The van der Waals surface area contributed by atoms with Crippen LogP contribution in [0.2, 0.25) is 0 Å². The molecule has 0 spiro atoms. The molecule has 0 aromatic heterocycles. The number of amides is 1. The molecule has 0 fully saturated rings. The smallest absolute Gasteiger partial charge is 0.264 e. The summed E-state index contributed by atoms with van der Waals surface area (Å²) in [6.45, 7) is 0.297. The monoisotopic (exact) mass is 364 g/mol. The summed E-state index contributed by atoms with van der Waals surface area (Å²) in [4.78, 5) is 17.0. The predicted molar refractivity (Wildman–Crippen MR) is 92.6 cm³/mol. The van der Waals surface area contributed by atoms with Crippen LogP contribution in [0.3, 0.4) is 0 Å². The Morgan fingerprint density at radius 1 is 1.12 bits per heavy atom.